The Morgan fingerprint density at radius 2 is 2.33 bits per heavy atom. The fourth-order valence-corrected chi connectivity index (χ4v) is 2.50. The second kappa shape index (κ2) is 8.42. The van der Waals surface area contributed by atoms with Crippen LogP contribution in [-0.2, 0) is 16.1 Å². The first-order chi connectivity index (χ1) is 11.8. The maximum Gasteiger partial charge on any atom is 0.226 e. The highest BCUT2D eigenvalue weighted by Gasteiger charge is 2.16. The van der Waals surface area contributed by atoms with Crippen LogP contribution < -0.4 is 15.4 Å². The zero-order valence-corrected chi connectivity index (χ0v) is 13.4. The SMILES string of the molecule is O=C(CC1COCCN1)Nc1cccc(OCc2cccnc2)c1. The predicted octanol–water partition coefficient (Wildman–Crippen LogP) is 1.98. The van der Waals surface area contributed by atoms with Gasteiger partial charge in [-0.3, -0.25) is 9.78 Å². The summed E-state index contributed by atoms with van der Waals surface area (Å²) in [5, 5.41) is 6.17. The molecule has 1 fully saturated rings. The Balaban J connectivity index is 1.51. The number of amides is 1. The van der Waals surface area contributed by atoms with Crippen LogP contribution in [0.2, 0.25) is 0 Å². The van der Waals surface area contributed by atoms with Crippen LogP contribution in [0.3, 0.4) is 0 Å². The standard InChI is InChI=1S/C18H21N3O3/c22-18(10-16-13-23-8-7-20-16)21-15-4-1-5-17(9-15)24-12-14-3-2-6-19-11-14/h1-6,9,11,16,20H,7-8,10,12-13H2,(H,21,22). The van der Waals surface area contributed by atoms with Crippen LogP contribution >= 0.6 is 0 Å². The van der Waals surface area contributed by atoms with Gasteiger partial charge in [-0.25, -0.2) is 0 Å². The van der Waals surface area contributed by atoms with Crippen molar-refractivity contribution < 1.29 is 14.3 Å². The van der Waals surface area contributed by atoms with Crippen LogP contribution in [0.1, 0.15) is 12.0 Å². The molecule has 0 saturated carbocycles. The molecule has 1 unspecified atom stereocenters. The Kier molecular flexibility index (Phi) is 5.76. The van der Waals surface area contributed by atoms with Crippen molar-refractivity contribution in [1.29, 1.82) is 0 Å². The number of anilines is 1. The summed E-state index contributed by atoms with van der Waals surface area (Å²) in [4.78, 5) is 16.2. The number of carbonyl (C=O) groups is 1. The van der Waals surface area contributed by atoms with E-state index in [1.807, 2.05) is 36.4 Å². The van der Waals surface area contributed by atoms with Gasteiger partial charge in [0.15, 0.2) is 0 Å². The van der Waals surface area contributed by atoms with Crippen LogP contribution in [-0.4, -0.2) is 36.7 Å². The van der Waals surface area contributed by atoms with E-state index in [1.165, 1.54) is 0 Å². The van der Waals surface area contributed by atoms with E-state index >= 15 is 0 Å². The highest BCUT2D eigenvalue weighted by molar-refractivity contribution is 5.91. The molecule has 0 radical (unpaired) electrons. The summed E-state index contributed by atoms with van der Waals surface area (Å²) in [6.07, 6.45) is 3.89. The van der Waals surface area contributed by atoms with Gasteiger partial charge in [-0.05, 0) is 18.2 Å². The monoisotopic (exact) mass is 327 g/mol. The number of hydrogen-bond acceptors (Lipinski definition) is 5. The number of nitrogens with one attached hydrogen (secondary N) is 2. The largest absolute Gasteiger partial charge is 0.489 e. The normalized spacial score (nSPS) is 17.2. The molecule has 1 atom stereocenters. The number of morpholine rings is 1. The van der Waals surface area contributed by atoms with Crippen molar-refractivity contribution in [2.24, 2.45) is 0 Å². The lowest BCUT2D eigenvalue weighted by Gasteiger charge is -2.23. The number of ether oxygens (including phenoxy) is 2. The molecule has 0 aliphatic carbocycles. The first-order valence-electron chi connectivity index (χ1n) is 8.02. The lowest BCUT2D eigenvalue weighted by atomic mass is 10.2. The van der Waals surface area contributed by atoms with Gasteiger partial charge in [-0.15, -0.1) is 0 Å². The molecule has 6 heteroatoms. The molecule has 2 N–H and O–H groups in total. The second-order valence-electron chi connectivity index (χ2n) is 5.66. The van der Waals surface area contributed by atoms with Crippen LogP contribution in [0.25, 0.3) is 0 Å². The minimum absolute atomic E-state index is 0.0394. The maximum atomic E-state index is 12.1. The van der Waals surface area contributed by atoms with E-state index in [0.29, 0.717) is 32.0 Å². The molecule has 24 heavy (non-hydrogen) atoms. The molecule has 6 nitrogen and oxygen atoms in total. The molecule has 1 aromatic carbocycles. The number of aromatic nitrogens is 1. The molecule has 1 aliphatic heterocycles. The quantitative estimate of drug-likeness (QED) is 0.849. The Labute approximate surface area is 141 Å². The third-order valence-corrected chi connectivity index (χ3v) is 3.68. The van der Waals surface area contributed by atoms with Crippen LogP contribution in [0.5, 0.6) is 5.75 Å². The van der Waals surface area contributed by atoms with Gasteiger partial charge >= 0.3 is 0 Å². The second-order valence-corrected chi connectivity index (χ2v) is 5.66. The summed E-state index contributed by atoms with van der Waals surface area (Å²) < 4.78 is 11.1. The van der Waals surface area contributed by atoms with Gasteiger partial charge in [0.2, 0.25) is 5.91 Å². The summed E-state index contributed by atoms with van der Waals surface area (Å²) in [6.45, 7) is 2.50. The molecule has 1 saturated heterocycles. The molecular weight excluding hydrogens is 306 g/mol. The van der Waals surface area contributed by atoms with Gasteiger partial charge in [0, 0.05) is 48.7 Å². The smallest absolute Gasteiger partial charge is 0.226 e. The van der Waals surface area contributed by atoms with E-state index < -0.39 is 0 Å². The first-order valence-corrected chi connectivity index (χ1v) is 8.02. The van der Waals surface area contributed by atoms with Gasteiger partial charge in [-0.1, -0.05) is 12.1 Å². The zero-order valence-electron chi connectivity index (χ0n) is 13.4. The topological polar surface area (TPSA) is 72.5 Å². The van der Waals surface area contributed by atoms with Crippen molar-refractivity contribution in [2.75, 3.05) is 25.1 Å². The highest BCUT2D eigenvalue weighted by Crippen LogP contribution is 2.19. The van der Waals surface area contributed by atoms with E-state index in [9.17, 15) is 4.79 Å². The number of nitrogens with zero attached hydrogens (tertiary/aromatic N) is 1. The third kappa shape index (κ3) is 5.04. The minimum Gasteiger partial charge on any atom is -0.489 e. The zero-order chi connectivity index (χ0) is 16.6. The molecule has 1 amide bonds. The van der Waals surface area contributed by atoms with Gasteiger partial charge in [0.05, 0.1) is 13.2 Å². The van der Waals surface area contributed by atoms with Crippen molar-refractivity contribution in [3.63, 3.8) is 0 Å². The third-order valence-electron chi connectivity index (χ3n) is 3.68. The number of hydrogen-bond donors (Lipinski definition) is 2. The van der Waals surface area contributed by atoms with E-state index in [0.717, 1.165) is 17.8 Å². The molecular formula is C18H21N3O3. The molecule has 0 bridgehead atoms. The lowest BCUT2D eigenvalue weighted by Crippen LogP contribution is -2.43. The summed E-state index contributed by atoms with van der Waals surface area (Å²) >= 11 is 0. The van der Waals surface area contributed by atoms with Gasteiger partial charge in [-0.2, -0.15) is 0 Å². The van der Waals surface area contributed by atoms with E-state index in [1.54, 1.807) is 12.4 Å². The van der Waals surface area contributed by atoms with Crippen LogP contribution in [0.4, 0.5) is 5.69 Å². The molecule has 2 heterocycles. The van der Waals surface area contributed by atoms with Gasteiger partial charge in [0.1, 0.15) is 12.4 Å². The fraction of sp³-hybridized carbons (Fsp3) is 0.333. The lowest BCUT2D eigenvalue weighted by molar-refractivity contribution is -0.117. The van der Waals surface area contributed by atoms with Crippen molar-refractivity contribution in [3.05, 3.63) is 54.4 Å². The summed E-state index contributed by atoms with van der Waals surface area (Å²) in [7, 11) is 0. The van der Waals surface area contributed by atoms with E-state index in [4.69, 9.17) is 9.47 Å². The van der Waals surface area contributed by atoms with Gasteiger partial charge < -0.3 is 20.1 Å². The fourth-order valence-electron chi connectivity index (χ4n) is 2.50. The Morgan fingerprint density at radius 1 is 1.38 bits per heavy atom. The number of pyridine rings is 1. The van der Waals surface area contributed by atoms with Crippen molar-refractivity contribution in [2.45, 2.75) is 19.1 Å². The molecule has 2 aromatic rings. The van der Waals surface area contributed by atoms with Crippen LogP contribution in [0, 0.1) is 0 Å². The van der Waals surface area contributed by atoms with E-state index in [2.05, 4.69) is 15.6 Å². The average Bonchev–Trinajstić information content (AvgIpc) is 2.62. The maximum absolute atomic E-state index is 12.1. The van der Waals surface area contributed by atoms with E-state index in [-0.39, 0.29) is 11.9 Å². The Bertz CT molecular complexity index is 658. The predicted molar refractivity (Wildman–Crippen MR) is 90.9 cm³/mol. The molecule has 1 aliphatic rings. The average molecular weight is 327 g/mol. The number of rotatable bonds is 6. The minimum atomic E-state index is -0.0394. The summed E-state index contributed by atoms with van der Waals surface area (Å²) in [5.41, 5.74) is 1.72. The number of benzene rings is 1. The first kappa shape index (κ1) is 16.4. The van der Waals surface area contributed by atoms with Crippen molar-refractivity contribution in [3.8, 4) is 5.75 Å². The molecule has 0 spiro atoms. The Hall–Kier alpha value is -2.44. The highest BCUT2D eigenvalue weighted by atomic mass is 16.5. The summed E-state index contributed by atoms with van der Waals surface area (Å²) in [6, 6.07) is 11.3. The molecule has 1 aromatic heterocycles. The molecule has 126 valence electrons. The number of carbonyl (C=O) groups excluding carboxylic acids is 1. The summed E-state index contributed by atoms with van der Waals surface area (Å²) in [5.74, 6) is 0.665. The van der Waals surface area contributed by atoms with Crippen molar-refractivity contribution in [1.82, 2.24) is 10.3 Å². The Morgan fingerprint density at radius 3 is 3.12 bits per heavy atom. The molecule has 3 rings (SSSR count). The van der Waals surface area contributed by atoms with Crippen molar-refractivity contribution >= 4 is 11.6 Å². The van der Waals surface area contributed by atoms with Gasteiger partial charge in [0.25, 0.3) is 0 Å². The van der Waals surface area contributed by atoms with Crippen LogP contribution in [0.15, 0.2) is 48.8 Å².